The van der Waals surface area contributed by atoms with Crippen molar-refractivity contribution in [2.45, 2.75) is 17.4 Å². The molecule has 1 atom stereocenters. The number of carbonyl (C=O) groups excluding carboxylic acids is 1. The molecule has 26 heavy (non-hydrogen) atoms. The van der Waals surface area contributed by atoms with Gasteiger partial charge in [-0.3, -0.25) is 4.79 Å². The molecule has 0 aliphatic heterocycles. The van der Waals surface area contributed by atoms with Gasteiger partial charge in [-0.15, -0.1) is 0 Å². The van der Waals surface area contributed by atoms with Gasteiger partial charge in [0.1, 0.15) is 6.04 Å². The molecule has 0 heterocycles. The quantitative estimate of drug-likeness (QED) is 0.602. The topological polar surface area (TPSA) is 101 Å². The van der Waals surface area contributed by atoms with Crippen molar-refractivity contribution in [1.29, 1.82) is 0 Å². The Bertz CT molecular complexity index is 896. The molecule has 2 rings (SSSR count). The zero-order valence-corrected chi connectivity index (χ0v) is 17.3. The fraction of sp³-hybridized carbons (Fsp3) is 0.176. The third-order valence-corrected chi connectivity index (χ3v) is 6.18. The SMILES string of the molecule is O=C(N[C@H](CCS(=O)(=O)c1ccccc1)C(=O)O)c1cc(Br)cc(Br)c1. The van der Waals surface area contributed by atoms with Crippen LogP contribution in [0.5, 0.6) is 0 Å². The Hall–Kier alpha value is -1.71. The molecule has 0 aliphatic rings. The molecule has 2 N–H and O–H groups in total. The number of amides is 1. The van der Waals surface area contributed by atoms with Crippen molar-refractivity contribution in [1.82, 2.24) is 5.32 Å². The molecule has 0 radical (unpaired) electrons. The standard InChI is InChI=1S/C17H15Br2NO5S/c18-12-8-11(9-13(19)10-12)16(21)20-15(17(22)23)6-7-26(24,25)14-4-2-1-3-5-14/h1-5,8-10,15H,6-7H2,(H,20,21)(H,22,23)/t15-/m1/s1. The van der Waals surface area contributed by atoms with Crippen molar-refractivity contribution in [3.05, 3.63) is 63.0 Å². The lowest BCUT2D eigenvalue weighted by Crippen LogP contribution is -2.42. The van der Waals surface area contributed by atoms with Gasteiger partial charge in [-0.1, -0.05) is 50.1 Å². The van der Waals surface area contributed by atoms with Gasteiger partial charge in [0.2, 0.25) is 0 Å². The normalized spacial score (nSPS) is 12.4. The molecule has 0 aromatic heterocycles. The number of carboxylic acids is 1. The summed E-state index contributed by atoms with van der Waals surface area (Å²) < 4.78 is 25.9. The molecule has 0 saturated heterocycles. The van der Waals surface area contributed by atoms with Gasteiger partial charge in [0.25, 0.3) is 5.91 Å². The molecule has 138 valence electrons. The van der Waals surface area contributed by atoms with Crippen LogP contribution >= 0.6 is 31.9 Å². The van der Waals surface area contributed by atoms with E-state index in [2.05, 4.69) is 37.2 Å². The number of carboxylic acid groups (broad SMARTS) is 1. The Balaban J connectivity index is 2.09. The van der Waals surface area contributed by atoms with E-state index in [1.165, 1.54) is 12.1 Å². The van der Waals surface area contributed by atoms with E-state index in [4.69, 9.17) is 0 Å². The predicted molar refractivity (Wildman–Crippen MR) is 104 cm³/mol. The number of hydrogen-bond acceptors (Lipinski definition) is 4. The fourth-order valence-electron chi connectivity index (χ4n) is 2.20. The summed E-state index contributed by atoms with van der Waals surface area (Å²) in [5, 5.41) is 11.7. The minimum absolute atomic E-state index is 0.117. The average molecular weight is 505 g/mol. The molecular formula is C17H15Br2NO5S. The van der Waals surface area contributed by atoms with Crippen molar-refractivity contribution >= 4 is 53.6 Å². The molecule has 9 heteroatoms. The third-order valence-electron chi connectivity index (χ3n) is 3.51. The number of carbonyl (C=O) groups is 2. The minimum Gasteiger partial charge on any atom is -0.480 e. The first kappa shape index (κ1) is 20.6. The molecule has 0 aliphatic carbocycles. The van der Waals surface area contributed by atoms with Crippen molar-refractivity contribution < 1.29 is 23.1 Å². The summed E-state index contributed by atoms with van der Waals surface area (Å²) in [4.78, 5) is 23.8. The number of halogens is 2. The zero-order valence-electron chi connectivity index (χ0n) is 13.4. The summed E-state index contributed by atoms with van der Waals surface area (Å²) in [5.74, 6) is -2.29. The lowest BCUT2D eigenvalue weighted by molar-refractivity contribution is -0.139. The van der Waals surface area contributed by atoms with Crippen LogP contribution in [0.3, 0.4) is 0 Å². The molecule has 2 aromatic rings. The summed E-state index contributed by atoms with van der Waals surface area (Å²) in [6, 6.07) is 11.3. The van der Waals surface area contributed by atoms with Crippen LogP contribution in [0.1, 0.15) is 16.8 Å². The fourth-order valence-corrected chi connectivity index (χ4v) is 4.85. The van der Waals surface area contributed by atoms with Crippen LogP contribution in [0.15, 0.2) is 62.4 Å². The zero-order chi connectivity index (χ0) is 19.3. The highest BCUT2D eigenvalue weighted by Gasteiger charge is 2.24. The second-order valence-electron chi connectivity index (χ2n) is 5.44. The Morgan fingerprint density at radius 2 is 1.62 bits per heavy atom. The Labute approximate surface area is 167 Å². The Morgan fingerprint density at radius 3 is 2.15 bits per heavy atom. The maximum Gasteiger partial charge on any atom is 0.326 e. The molecular weight excluding hydrogens is 490 g/mol. The summed E-state index contributed by atoms with van der Waals surface area (Å²) in [7, 11) is -3.63. The van der Waals surface area contributed by atoms with Crippen LogP contribution in [0.25, 0.3) is 0 Å². The molecule has 1 amide bonds. The van der Waals surface area contributed by atoms with E-state index >= 15 is 0 Å². The van der Waals surface area contributed by atoms with Crippen LogP contribution in [-0.2, 0) is 14.6 Å². The van der Waals surface area contributed by atoms with E-state index < -0.39 is 33.5 Å². The highest BCUT2D eigenvalue weighted by atomic mass is 79.9. The lowest BCUT2D eigenvalue weighted by atomic mass is 10.1. The number of nitrogens with one attached hydrogen (secondary N) is 1. The van der Waals surface area contributed by atoms with Crippen LogP contribution in [0.2, 0.25) is 0 Å². The molecule has 0 unspecified atom stereocenters. The monoisotopic (exact) mass is 503 g/mol. The maximum atomic E-state index is 12.3. The van der Waals surface area contributed by atoms with E-state index in [-0.39, 0.29) is 16.9 Å². The van der Waals surface area contributed by atoms with Crippen LogP contribution in [-0.4, -0.2) is 37.2 Å². The second-order valence-corrected chi connectivity index (χ2v) is 9.38. The van der Waals surface area contributed by atoms with E-state index in [1.807, 2.05) is 0 Å². The van der Waals surface area contributed by atoms with Crippen molar-refractivity contribution in [3.8, 4) is 0 Å². The summed E-state index contributed by atoms with van der Waals surface area (Å²) in [6.07, 6.45) is -0.243. The van der Waals surface area contributed by atoms with Gasteiger partial charge in [0.15, 0.2) is 9.84 Å². The van der Waals surface area contributed by atoms with E-state index in [9.17, 15) is 23.1 Å². The molecule has 0 fully saturated rings. The van der Waals surface area contributed by atoms with Gasteiger partial charge in [-0.05, 0) is 36.8 Å². The van der Waals surface area contributed by atoms with Gasteiger partial charge in [0, 0.05) is 14.5 Å². The number of sulfone groups is 1. The van der Waals surface area contributed by atoms with E-state index in [0.717, 1.165) is 0 Å². The average Bonchev–Trinajstić information content (AvgIpc) is 2.58. The number of hydrogen-bond donors (Lipinski definition) is 2. The molecule has 6 nitrogen and oxygen atoms in total. The highest BCUT2D eigenvalue weighted by molar-refractivity contribution is 9.11. The maximum absolute atomic E-state index is 12.3. The Morgan fingerprint density at radius 1 is 1.04 bits per heavy atom. The smallest absolute Gasteiger partial charge is 0.326 e. The predicted octanol–water partition coefficient (Wildman–Crippen LogP) is 3.26. The van der Waals surface area contributed by atoms with Gasteiger partial charge >= 0.3 is 5.97 Å². The van der Waals surface area contributed by atoms with Gasteiger partial charge in [-0.2, -0.15) is 0 Å². The number of aliphatic carboxylic acids is 1. The summed E-state index contributed by atoms with van der Waals surface area (Å²) in [5.41, 5.74) is 0.253. The lowest BCUT2D eigenvalue weighted by Gasteiger charge is -2.15. The summed E-state index contributed by atoms with van der Waals surface area (Å²) >= 11 is 6.51. The number of benzene rings is 2. The van der Waals surface area contributed by atoms with Gasteiger partial charge in [0.05, 0.1) is 10.6 Å². The van der Waals surface area contributed by atoms with Crippen molar-refractivity contribution in [3.63, 3.8) is 0 Å². The largest absolute Gasteiger partial charge is 0.480 e. The highest BCUT2D eigenvalue weighted by Crippen LogP contribution is 2.20. The summed E-state index contributed by atoms with van der Waals surface area (Å²) in [6.45, 7) is 0. The van der Waals surface area contributed by atoms with Crippen LogP contribution in [0.4, 0.5) is 0 Å². The first-order chi connectivity index (χ1) is 12.2. The van der Waals surface area contributed by atoms with Gasteiger partial charge < -0.3 is 10.4 Å². The van der Waals surface area contributed by atoms with Crippen LogP contribution in [0, 0.1) is 0 Å². The van der Waals surface area contributed by atoms with Crippen LogP contribution < -0.4 is 5.32 Å². The Kier molecular flexibility index (Phi) is 6.96. The van der Waals surface area contributed by atoms with Crippen molar-refractivity contribution in [2.75, 3.05) is 5.75 Å². The minimum atomic E-state index is -3.63. The van der Waals surface area contributed by atoms with E-state index in [0.29, 0.717) is 8.95 Å². The van der Waals surface area contributed by atoms with Gasteiger partial charge in [-0.25, -0.2) is 13.2 Å². The van der Waals surface area contributed by atoms with E-state index in [1.54, 1.807) is 36.4 Å². The molecule has 0 spiro atoms. The first-order valence-electron chi connectivity index (χ1n) is 7.46. The molecule has 0 bridgehead atoms. The third kappa shape index (κ3) is 5.65. The molecule has 2 aromatic carbocycles. The molecule has 0 saturated carbocycles. The number of rotatable bonds is 7. The first-order valence-corrected chi connectivity index (χ1v) is 10.7. The second kappa shape index (κ2) is 8.79. The van der Waals surface area contributed by atoms with Crippen molar-refractivity contribution in [2.24, 2.45) is 0 Å².